The van der Waals surface area contributed by atoms with Gasteiger partial charge in [0.15, 0.2) is 0 Å². The molecule has 0 saturated heterocycles. The van der Waals surface area contributed by atoms with Crippen LogP contribution in [0.1, 0.15) is 55.3 Å². The first kappa shape index (κ1) is 12.6. The average molecular weight is 231 g/mol. The normalized spacial score (nSPS) is 17.1. The summed E-state index contributed by atoms with van der Waals surface area (Å²) in [5, 5.41) is 3.64. The van der Waals surface area contributed by atoms with E-state index in [1.165, 1.54) is 42.4 Å². The van der Waals surface area contributed by atoms with E-state index in [1.54, 1.807) is 0 Å². The summed E-state index contributed by atoms with van der Waals surface area (Å²) >= 11 is 0. The van der Waals surface area contributed by atoms with Gasteiger partial charge >= 0.3 is 0 Å². The van der Waals surface area contributed by atoms with Gasteiger partial charge in [-0.25, -0.2) is 0 Å². The fourth-order valence-electron chi connectivity index (χ4n) is 2.64. The zero-order valence-electron chi connectivity index (χ0n) is 11.4. The monoisotopic (exact) mass is 231 g/mol. The van der Waals surface area contributed by atoms with Crippen molar-refractivity contribution in [2.24, 2.45) is 5.92 Å². The number of rotatable bonds is 6. The Hall–Kier alpha value is -0.820. The molecule has 1 saturated carbocycles. The predicted molar refractivity (Wildman–Crippen MR) is 74.3 cm³/mol. The van der Waals surface area contributed by atoms with Crippen molar-refractivity contribution in [1.82, 2.24) is 5.32 Å². The van der Waals surface area contributed by atoms with Crippen LogP contribution >= 0.6 is 0 Å². The lowest BCUT2D eigenvalue weighted by Gasteiger charge is -2.20. The number of benzene rings is 1. The topological polar surface area (TPSA) is 12.0 Å². The number of hydrogen-bond donors (Lipinski definition) is 1. The largest absolute Gasteiger partial charge is 0.310 e. The minimum Gasteiger partial charge on any atom is -0.310 e. The van der Waals surface area contributed by atoms with Crippen molar-refractivity contribution in [2.75, 3.05) is 6.54 Å². The standard InChI is InChI=1S/C16H25N/c1-4-17-16(10-8-14-6-7-14)15-9-5-12(2)11-13(15)3/h5,9,11,14,16-17H,4,6-8,10H2,1-3H3. The Balaban J connectivity index is 2.06. The smallest absolute Gasteiger partial charge is 0.0322 e. The second kappa shape index (κ2) is 5.68. The quantitative estimate of drug-likeness (QED) is 0.775. The van der Waals surface area contributed by atoms with Gasteiger partial charge in [0.2, 0.25) is 0 Å². The molecule has 1 nitrogen and oxygen atoms in total. The van der Waals surface area contributed by atoms with Crippen LogP contribution in [0.25, 0.3) is 0 Å². The predicted octanol–water partition coefficient (Wildman–Crippen LogP) is 4.14. The van der Waals surface area contributed by atoms with E-state index in [-0.39, 0.29) is 0 Å². The summed E-state index contributed by atoms with van der Waals surface area (Å²) < 4.78 is 0. The second-order valence-electron chi connectivity index (χ2n) is 5.49. The van der Waals surface area contributed by atoms with Gasteiger partial charge in [0, 0.05) is 6.04 Å². The minimum absolute atomic E-state index is 0.557. The number of aryl methyl sites for hydroxylation is 2. The maximum absolute atomic E-state index is 3.64. The van der Waals surface area contributed by atoms with Crippen molar-refractivity contribution in [1.29, 1.82) is 0 Å². The average Bonchev–Trinajstić information content (AvgIpc) is 3.09. The lowest BCUT2D eigenvalue weighted by atomic mass is 9.95. The van der Waals surface area contributed by atoms with E-state index in [4.69, 9.17) is 0 Å². The van der Waals surface area contributed by atoms with Gasteiger partial charge in [-0.3, -0.25) is 0 Å². The Bertz CT molecular complexity index is 366. The lowest BCUT2D eigenvalue weighted by Crippen LogP contribution is -2.21. The lowest BCUT2D eigenvalue weighted by molar-refractivity contribution is 0.480. The van der Waals surface area contributed by atoms with Gasteiger partial charge in [0.05, 0.1) is 0 Å². The summed E-state index contributed by atoms with van der Waals surface area (Å²) in [6.07, 6.45) is 5.62. The molecular weight excluding hydrogens is 206 g/mol. The highest BCUT2D eigenvalue weighted by atomic mass is 14.9. The summed E-state index contributed by atoms with van der Waals surface area (Å²) in [7, 11) is 0. The molecule has 0 aromatic heterocycles. The van der Waals surface area contributed by atoms with Gasteiger partial charge in [-0.15, -0.1) is 0 Å². The summed E-state index contributed by atoms with van der Waals surface area (Å²) in [5.41, 5.74) is 4.30. The van der Waals surface area contributed by atoms with Crippen molar-refractivity contribution < 1.29 is 0 Å². The van der Waals surface area contributed by atoms with Gasteiger partial charge in [-0.05, 0) is 50.3 Å². The van der Waals surface area contributed by atoms with Crippen molar-refractivity contribution in [2.45, 2.75) is 52.5 Å². The molecule has 0 radical (unpaired) electrons. The summed E-state index contributed by atoms with van der Waals surface area (Å²) in [6, 6.07) is 7.41. The van der Waals surface area contributed by atoms with E-state index in [9.17, 15) is 0 Å². The first-order chi connectivity index (χ1) is 8.20. The number of nitrogens with one attached hydrogen (secondary N) is 1. The molecule has 0 heterocycles. The maximum atomic E-state index is 3.64. The van der Waals surface area contributed by atoms with E-state index in [0.717, 1.165) is 12.5 Å². The van der Waals surface area contributed by atoms with Crippen LogP contribution in [0.5, 0.6) is 0 Å². The molecule has 1 atom stereocenters. The Morgan fingerprint density at radius 3 is 2.65 bits per heavy atom. The second-order valence-corrected chi connectivity index (χ2v) is 5.49. The molecule has 1 heteroatoms. The van der Waals surface area contributed by atoms with E-state index >= 15 is 0 Å². The van der Waals surface area contributed by atoms with Crippen LogP contribution in [-0.2, 0) is 0 Å². The fourth-order valence-corrected chi connectivity index (χ4v) is 2.64. The molecule has 17 heavy (non-hydrogen) atoms. The Labute approximate surface area is 106 Å². The first-order valence-electron chi connectivity index (χ1n) is 7.01. The molecule has 1 unspecified atom stereocenters. The molecule has 0 amide bonds. The van der Waals surface area contributed by atoms with Crippen LogP contribution in [0.4, 0.5) is 0 Å². The van der Waals surface area contributed by atoms with Crippen LogP contribution in [0, 0.1) is 19.8 Å². The third-order valence-electron chi connectivity index (χ3n) is 3.81. The molecule has 1 aliphatic carbocycles. The highest BCUT2D eigenvalue weighted by Crippen LogP contribution is 2.36. The third kappa shape index (κ3) is 3.57. The summed E-state index contributed by atoms with van der Waals surface area (Å²) in [6.45, 7) is 7.67. The third-order valence-corrected chi connectivity index (χ3v) is 3.81. The molecule has 1 aromatic carbocycles. The molecule has 2 rings (SSSR count). The molecule has 0 aliphatic heterocycles. The van der Waals surface area contributed by atoms with Gasteiger partial charge in [-0.1, -0.05) is 43.5 Å². The highest BCUT2D eigenvalue weighted by Gasteiger charge is 2.23. The van der Waals surface area contributed by atoms with E-state index in [1.807, 2.05) is 0 Å². The van der Waals surface area contributed by atoms with Gasteiger partial charge in [-0.2, -0.15) is 0 Å². The van der Waals surface area contributed by atoms with Gasteiger partial charge < -0.3 is 5.32 Å². The number of hydrogen-bond acceptors (Lipinski definition) is 1. The Kier molecular flexibility index (Phi) is 4.22. The Morgan fingerprint density at radius 2 is 2.06 bits per heavy atom. The molecule has 0 bridgehead atoms. The van der Waals surface area contributed by atoms with Crippen molar-refractivity contribution >= 4 is 0 Å². The first-order valence-corrected chi connectivity index (χ1v) is 7.01. The van der Waals surface area contributed by atoms with Crippen LogP contribution in [-0.4, -0.2) is 6.54 Å². The minimum atomic E-state index is 0.557. The molecule has 1 aromatic rings. The van der Waals surface area contributed by atoms with Crippen LogP contribution in [0.3, 0.4) is 0 Å². The Morgan fingerprint density at radius 1 is 1.29 bits per heavy atom. The van der Waals surface area contributed by atoms with Crippen molar-refractivity contribution in [3.63, 3.8) is 0 Å². The van der Waals surface area contributed by atoms with E-state index < -0.39 is 0 Å². The molecule has 1 aliphatic rings. The van der Waals surface area contributed by atoms with Crippen molar-refractivity contribution in [3.8, 4) is 0 Å². The summed E-state index contributed by atoms with van der Waals surface area (Å²) in [5.74, 6) is 1.03. The molecule has 94 valence electrons. The van der Waals surface area contributed by atoms with Crippen LogP contribution in [0.15, 0.2) is 18.2 Å². The zero-order chi connectivity index (χ0) is 12.3. The molecule has 0 spiro atoms. The molecule has 1 N–H and O–H groups in total. The van der Waals surface area contributed by atoms with Gasteiger partial charge in [0.25, 0.3) is 0 Å². The SMILES string of the molecule is CCNC(CCC1CC1)c1ccc(C)cc1C. The molecular formula is C16H25N. The zero-order valence-corrected chi connectivity index (χ0v) is 11.4. The fraction of sp³-hybridized carbons (Fsp3) is 0.625. The molecule has 1 fully saturated rings. The van der Waals surface area contributed by atoms with Crippen molar-refractivity contribution in [3.05, 3.63) is 34.9 Å². The van der Waals surface area contributed by atoms with Gasteiger partial charge in [0.1, 0.15) is 0 Å². The van der Waals surface area contributed by atoms with Crippen LogP contribution in [0.2, 0.25) is 0 Å². The summed E-state index contributed by atoms with van der Waals surface area (Å²) in [4.78, 5) is 0. The van der Waals surface area contributed by atoms with Crippen LogP contribution < -0.4 is 5.32 Å². The maximum Gasteiger partial charge on any atom is 0.0322 e. The van der Waals surface area contributed by atoms with E-state index in [0.29, 0.717) is 6.04 Å². The highest BCUT2D eigenvalue weighted by molar-refractivity contribution is 5.32. The van der Waals surface area contributed by atoms with E-state index in [2.05, 4.69) is 44.3 Å².